The molecule has 6 N–H and O–H groups in total. The summed E-state index contributed by atoms with van der Waals surface area (Å²) >= 11 is 0. The van der Waals surface area contributed by atoms with E-state index in [1.165, 1.54) is 0 Å². The molecule has 3 atom stereocenters. The summed E-state index contributed by atoms with van der Waals surface area (Å²) in [6, 6.07) is 0. The van der Waals surface area contributed by atoms with Gasteiger partial charge in [-0.3, -0.25) is 4.52 Å². The van der Waals surface area contributed by atoms with Crippen LogP contribution in [-0.2, 0) is 9.09 Å². The van der Waals surface area contributed by atoms with Gasteiger partial charge in [0.05, 0.1) is 19.3 Å². The maximum atomic E-state index is 10.2. The van der Waals surface area contributed by atoms with E-state index in [0.717, 1.165) is 0 Å². The maximum absolute atomic E-state index is 10.2. The second-order valence-electron chi connectivity index (χ2n) is 2.92. The molecule has 15 heavy (non-hydrogen) atoms. The molecular weight excluding hydrogens is 231 g/mol. The minimum Gasteiger partial charge on any atom is -0.394 e. The van der Waals surface area contributed by atoms with Gasteiger partial charge in [0.2, 0.25) is 0 Å². The summed E-state index contributed by atoms with van der Waals surface area (Å²) in [5.74, 6) is 0. The van der Waals surface area contributed by atoms with Crippen LogP contribution in [0, 0.1) is 0 Å². The van der Waals surface area contributed by atoms with Crippen molar-refractivity contribution in [1.29, 1.82) is 0 Å². The molecule has 0 saturated heterocycles. The van der Waals surface area contributed by atoms with Crippen LogP contribution in [0.5, 0.6) is 0 Å². The van der Waals surface area contributed by atoms with Crippen molar-refractivity contribution < 1.29 is 39.3 Å². The average molecular weight is 246 g/mol. The number of rotatable bonds is 7. The summed E-state index contributed by atoms with van der Waals surface area (Å²) < 4.78 is 14.2. The molecule has 0 rings (SSSR count). The maximum Gasteiger partial charge on any atom is 0.469 e. The lowest BCUT2D eigenvalue weighted by Crippen LogP contribution is -2.39. The van der Waals surface area contributed by atoms with Crippen molar-refractivity contribution in [3.8, 4) is 0 Å². The summed E-state index contributed by atoms with van der Waals surface area (Å²) in [7, 11) is -4.59. The molecule has 0 aliphatic heterocycles. The average Bonchev–Trinajstić information content (AvgIpc) is 2.13. The van der Waals surface area contributed by atoms with Crippen molar-refractivity contribution in [2.24, 2.45) is 0 Å². The topological polar surface area (TPSA) is 148 Å². The lowest BCUT2D eigenvalue weighted by atomic mass is 10.1. The van der Waals surface area contributed by atoms with Crippen LogP contribution in [0.4, 0.5) is 0 Å². The van der Waals surface area contributed by atoms with Gasteiger partial charge >= 0.3 is 7.82 Å². The van der Waals surface area contributed by atoms with Gasteiger partial charge in [-0.25, -0.2) is 4.57 Å². The summed E-state index contributed by atoms with van der Waals surface area (Å²) in [6.45, 7) is -1.20. The van der Waals surface area contributed by atoms with E-state index >= 15 is 0 Å². The van der Waals surface area contributed by atoms with Gasteiger partial charge in [-0.2, -0.15) is 0 Å². The highest BCUT2D eigenvalue weighted by atomic mass is 31.2. The molecule has 0 spiro atoms. The van der Waals surface area contributed by atoms with Crippen molar-refractivity contribution in [3.63, 3.8) is 0 Å². The Morgan fingerprint density at radius 2 is 1.67 bits per heavy atom. The number of phosphoric acid groups is 1. The van der Waals surface area contributed by atoms with E-state index in [-0.39, 0.29) is 6.42 Å². The Balaban J connectivity index is 3.83. The predicted octanol–water partition coefficient (Wildman–Crippen LogP) is -2.44. The molecule has 8 nitrogen and oxygen atoms in total. The van der Waals surface area contributed by atoms with Crippen molar-refractivity contribution in [3.05, 3.63) is 0 Å². The van der Waals surface area contributed by atoms with Gasteiger partial charge in [0.1, 0.15) is 12.2 Å². The monoisotopic (exact) mass is 246 g/mol. The van der Waals surface area contributed by atoms with Gasteiger partial charge in [-0.05, 0) is 6.42 Å². The SMILES string of the molecule is O=P(O)(O)OCC[C@@H](O)[C@H](O)[C@H](O)CO. The largest absolute Gasteiger partial charge is 0.469 e. The molecule has 92 valence electrons. The number of hydrogen-bond donors (Lipinski definition) is 6. The van der Waals surface area contributed by atoms with Gasteiger partial charge in [0.15, 0.2) is 0 Å². The smallest absolute Gasteiger partial charge is 0.394 e. The fourth-order valence-corrected chi connectivity index (χ4v) is 1.17. The van der Waals surface area contributed by atoms with Crippen molar-refractivity contribution in [2.45, 2.75) is 24.7 Å². The van der Waals surface area contributed by atoms with Crippen LogP contribution in [-0.4, -0.2) is 61.7 Å². The third-order valence-electron chi connectivity index (χ3n) is 1.65. The van der Waals surface area contributed by atoms with Crippen LogP contribution < -0.4 is 0 Å². The predicted molar refractivity (Wildman–Crippen MR) is 47.7 cm³/mol. The lowest BCUT2D eigenvalue weighted by molar-refractivity contribution is -0.0811. The Morgan fingerprint density at radius 1 is 1.13 bits per heavy atom. The number of phosphoric ester groups is 1. The third kappa shape index (κ3) is 6.93. The minimum atomic E-state index is -4.59. The van der Waals surface area contributed by atoms with Gasteiger partial charge < -0.3 is 30.2 Å². The van der Waals surface area contributed by atoms with Gasteiger partial charge in [-0.1, -0.05) is 0 Å². The minimum absolute atomic E-state index is 0.274. The molecule has 0 aromatic rings. The van der Waals surface area contributed by atoms with Crippen LogP contribution in [0.3, 0.4) is 0 Å². The summed E-state index contributed by atoms with van der Waals surface area (Å²) in [6.07, 6.45) is -4.80. The van der Waals surface area contributed by atoms with Crippen LogP contribution >= 0.6 is 7.82 Å². The number of aliphatic hydroxyl groups excluding tert-OH is 4. The normalized spacial score (nSPS) is 18.5. The highest BCUT2D eigenvalue weighted by Crippen LogP contribution is 2.35. The van der Waals surface area contributed by atoms with Crippen LogP contribution in [0.15, 0.2) is 0 Å². The number of hydrogen-bond acceptors (Lipinski definition) is 6. The van der Waals surface area contributed by atoms with E-state index in [4.69, 9.17) is 30.2 Å². The van der Waals surface area contributed by atoms with E-state index in [0.29, 0.717) is 0 Å². The Kier molecular flexibility index (Phi) is 6.49. The van der Waals surface area contributed by atoms with E-state index in [2.05, 4.69) is 4.52 Å². The Hall–Kier alpha value is -0.0500. The molecule has 0 saturated carbocycles. The highest BCUT2D eigenvalue weighted by Gasteiger charge is 2.24. The second kappa shape index (κ2) is 6.51. The first-order valence-corrected chi connectivity index (χ1v) is 5.66. The standard InChI is InChI=1S/C6H15O8P/c7-3-5(9)6(10)4(8)1-2-14-15(11,12)13/h4-10H,1-3H2,(H2,11,12,13)/t4-,5-,6+/m1/s1. The molecule has 0 aromatic carbocycles. The summed E-state index contributed by atoms with van der Waals surface area (Å²) in [5.41, 5.74) is 0. The lowest BCUT2D eigenvalue weighted by Gasteiger charge is -2.21. The highest BCUT2D eigenvalue weighted by molar-refractivity contribution is 7.46. The molecule has 0 unspecified atom stereocenters. The van der Waals surface area contributed by atoms with E-state index < -0.39 is 39.3 Å². The third-order valence-corrected chi connectivity index (χ3v) is 2.17. The van der Waals surface area contributed by atoms with Gasteiger partial charge in [-0.15, -0.1) is 0 Å². The van der Waals surface area contributed by atoms with Crippen LogP contribution in [0.1, 0.15) is 6.42 Å². The van der Waals surface area contributed by atoms with Crippen molar-refractivity contribution in [1.82, 2.24) is 0 Å². The van der Waals surface area contributed by atoms with E-state index in [1.807, 2.05) is 0 Å². The molecule has 0 heterocycles. The van der Waals surface area contributed by atoms with Crippen LogP contribution in [0.2, 0.25) is 0 Å². The Morgan fingerprint density at radius 3 is 2.07 bits per heavy atom. The molecule has 9 heteroatoms. The van der Waals surface area contributed by atoms with Gasteiger partial charge in [0.25, 0.3) is 0 Å². The fourth-order valence-electron chi connectivity index (χ4n) is 0.828. The fraction of sp³-hybridized carbons (Fsp3) is 1.00. The first kappa shape index (κ1) is 14.9. The summed E-state index contributed by atoms with van der Waals surface area (Å²) in [5, 5.41) is 35.6. The molecule has 0 bridgehead atoms. The molecule has 0 aliphatic carbocycles. The first-order valence-electron chi connectivity index (χ1n) is 4.13. The molecule has 0 fully saturated rings. The molecule has 0 radical (unpaired) electrons. The van der Waals surface area contributed by atoms with Crippen molar-refractivity contribution >= 4 is 7.82 Å². The zero-order valence-electron chi connectivity index (χ0n) is 7.80. The van der Waals surface area contributed by atoms with E-state index in [9.17, 15) is 4.57 Å². The molecule has 0 aromatic heterocycles. The Labute approximate surface area is 86.0 Å². The zero-order valence-corrected chi connectivity index (χ0v) is 8.69. The van der Waals surface area contributed by atoms with Crippen LogP contribution in [0.25, 0.3) is 0 Å². The second-order valence-corrected chi connectivity index (χ2v) is 4.16. The van der Waals surface area contributed by atoms with Gasteiger partial charge in [0, 0.05) is 0 Å². The Bertz CT molecular complexity index is 215. The van der Waals surface area contributed by atoms with Crippen molar-refractivity contribution in [2.75, 3.05) is 13.2 Å². The summed E-state index contributed by atoms with van der Waals surface area (Å²) in [4.78, 5) is 16.6. The molecular formula is C6H15O8P. The number of aliphatic hydroxyl groups is 4. The quantitative estimate of drug-likeness (QED) is 0.271. The first-order chi connectivity index (χ1) is 6.78. The molecule has 0 aliphatic rings. The molecule has 0 amide bonds. The zero-order chi connectivity index (χ0) is 12.1. The van der Waals surface area contributed by atoms with E-state index in [1.54, 1.807) is 0 Å².